The number of rotatable bonds is 8. The van der Waals surface area contributed by atoms with Gasteiger partial charge >= 0.3 is 0 Å². The molecular weight excluding hydrogens is 210 g/mol. The fraction of sp³-hybridized carbons (Fsp3) is 0.733. The van der Waals surface area contributed by atoms with Crippen molar-refractivity contribution in [3.05, 3.63) is 23.7 Å². The van der Waals surface area contributed by atoms with Crippen LogP contribution in [0.3, 0.4) is 0 Å². The summed E-state index contributed by atoms with van der Waals surface area (Å²) in [6.45, 7) is 9.90. The van der Waals surface area contributed by atoms with E-state index in [4.69, 9.17) is 4.42 Å². The molecule has 2 nitrogen and oxygen atoms in total. The van der Waals surface area contributed by atoms with Crippen molar-refractivity contribution in [3.63, 3.8) is 0 Å². The lowest BCUT2D eigenvalue weighted by Gasteiger charge is -2.21. The standard InChI is InChI=1S/C15H27NO/c1-5-7-12(3)9-15(16-8-6-2)14-10-13(4)17-11-14/h10-12,15-16H,5-9H2,1-4H3. The molecule has 0 aliphatic carbocycles. The van der Waals surface area contributed by atoms with E-state index < -0.39 is 0 Å². The first-order valence-corrected chi connectivity index (χ1v) is 6.95. The van der Waals surface area contributed by atoms with Gasteiger partial charge in [-0.15, -0.1) is 0 Å². The molecule has 0 saturated carbocycles. The Morgan fingerprint density at radius 3 is 2.59 bits per heavy atom. The van der Waals surface area contributed by atoms with Gasteiger partial charge in [0.1, 0.15) is 5.76 Å². The molecule has 0 aliphatic rings. The second-order valence-corrected chi connectivity index (χ2v) is 5.13. The average Bonchev–Trinajstić information content (AvgIpc) is 2.71. The zero-order chi connectivity index (χ0) is 12.7. The first-order chi connectivity index (χ1) is 8.17. The summed E-state index contributed by atoms with van der Waals surface area (Å²) in [6, 6.07) is 2.61. The zero-order valence-corrected chi connectivity index (χ0v) is 11.8. The van der Waals surface area contributed by atoms with Crippen molar-refractivity contribution in [1.29, 1.82) is 0 Å². The lowest BCUT2D eigenvalue weighted by atomic mass is 9.94. The molecule has 0 saturated heterocycles. The van der Waals surface area contributed by atoms with E-state index in [1.54, 1.807) is 0 Å². The van der Waals surface area contributed by atoms with Crippen LogP contribution in [0.25, 0.3) is 0 Å². The molecule has 1 aromatic rings. The van der Waals surface area contributed by atoms with Crippen LogP contribution in [0.2, 0.25) is 0 Å². The molecule has 1 heterocycles. The van der Waals surface area contributed by atoms with Gasteiger partial charge in [0, 0.05) is 11.6 Å². The van der Waals surface area contributed by atoms with Gasteiger partial charge in [0.2, 0.25) is 0 Å². The monoisotopic (exact) mass is 237 g/mol. The third-order valence-corrected chi connectivity index (χ3v) is 3.21. The van der Waals surface area contributed by atoms with E-state index in [1.165, 1.54) is 31.2 Å². The maximum Gasteiger partial charge on any atom is 0.101 e. The van der Waals surface area contributed by atoms with Gasteiger partial charge in [0.05, 0.1) is 6.26 Å². The molecule has 0 spiro atoms. The van der Waals surface area contributed by atoms with Gasteiger partial charge in [-0.25, -0.2) is 0 Å². The maximum absolute atomic E-state index is 5.43. The first-order valence-electron chi connectivity index (χ1n) is 6.95. The van der Waals surface area contributed by atoms with Crippen molar-refractivity contribution in [2.45, 2.75) is 59.4 Å². The van der Waals surface area contributed by atoms with Crippen molar-refractivity contribution in [2.75, 3.05) is 6.54 Å². The smallest absolute Gasteiger partial charge is 0.101 e. The predicted octanol–water partition coefficient (Wildman–Crippen LogP) is 4.46. The summed E-state index contributed by atoms with van der Waals surface area (Å²) in [6.07, 6.45) is 6.86. The molecule has 2 atom stereocenters. The van der Waals surface area contributed by atoms with Crippen molar-refractivity contribution in [2.24, 2.45) is 5.92 Å². The highest BCUT2D eigenvalue weighted by Crippen LogP contribution is 2.25. The Kier molecular flexibility index (Phi) is 6.35. The molecular formula is C15H27NO. The van der Waals surface area contributed by atoms with E-state index in [1.807, 2.05) is 13.2 Å². The fourth-order valence-electron chi connectivity index (χ4n) is 2.32. The second-order valence-electron chi connectivity index (χ2n) is 5.13. The summed E-state index contributed by atoms with van der Waals surface area (Å²) in [5, 5.41) is 3.63. The highest BCUT2D eigenvalue weighted by atomic mass is 16.3. The van der Waals surface area contributed by atoms with Crippen molar-refractivity contribution in [3.8, 4) is 0 Å². The van der Waals surface area contributed by atoms with E-state index in [-0.39, 0.29) is 0 Å². The van der Waals surface area contributed by atoms with E-state index in [2.05, 4.69) is 32.2 Å². The largest absolute Gasteiger partial charge is 0.469 e. The molecule has 2 unspecified atom stereocenters. The number of hydrogen-bond donors (Lipinski definition) is 1. The van der Waals surface area contributed by atoms with Crippen LogP contribution in [0.1, 0.15) is 63.8 Å². The van der Waals surface area contributed by atoms with Gasteiger partial charge in [-0.3, -0.25) is 0 Å². The van der Waals surface area contributed by atoms with Gasteiger partial charge in [0.15, 0.2) is 0 Å². The highest BCUT2D eigenvalue weighted by Gasteiger charge is 2.16. The summed E-state index contributed by atoms with van der Waals surface area (Å²) in [4.78, 5) is 0. The van der Waals surface area contributed by atoms with Crippen LogP contribution in [-0.2, 0) is 0 Å². The van der Waals surface area contributed by atoms with Crippen LogP contribution in [0.5, 0.6) is 0 Å². The zero-order valence-electron chi connectivity index (χ0n) is 11.8. The quantitative estimate of drug-likeness (QED) is 0.722. The van der Waals surface area contributed by atoms with Crippen LogP contribution in [-0.4, -0.2) is 6.54 Å². The van der Waals surface area contributed by atoms with Crippen LogP contribution in [0, 0.1) is 12.8 Å². The summed E-state index contributed by atoms with van der Waals surface area (Å²) < 4.78 is 5.43. The van der Waals surface area contributed by atoms with Crippen LogP contribution < -0.4 is 5.32 Å². The number of aryl methyl sites for hydroxylation is 1. The summed E-state index contributed by atoms with van der Waals surface area (Å²) in [5.74, 6) is 1.77. The molecule has 17 heavy (non-hydrogen) atoms. The number of furan rings is 1. The molecule has 98 valence electrons. The maximum atomic E-state index is 5.43. The minimum absolute atomic E-state index is 0.453. The van der Waals surface area contributed by atoms with Gasteiger partial charge in [-0.1, -0.05) is 33.6 Å². The first kappa shape index (κ1) is 14.3. The molecule has 1 aromatic heterocycles. The molecule has 0 bridgehead atoms. The van der Waals surface area contributed by atoms with E-state index in [9.17, 15) is 0 Å². The Labute approximate surface area is 106 Å². The Morgan fingerprint density at radius 2 is 2.06 bits per heavy atom. The van der Waals surface area contributed by atoms with Crippen LogP contribution >= 0.6 is 0 Å². The molecule has 2 heteroatoms. The van der Waals surface area contributed by atoms with Crippen molar-refractivity contribution < 1.29 is 4.42 Å². The summed E-state index contributed by atoms with van der Waals surface area (Å²) in [7, 11) is 0. The van der Waals surface area contributed by atoms with Crippen LogP contribution in [0.4, 0.5) is 0 Å². The van der Waals surface area contributed by atoms with E-state index >= 15 is 0 Å². The second kappa shape index (κ2) is 7.54. The lowest BCUT2D eigenvalue weighted by Crippen LogP contribution is -2.23. The van der Waals surface area contributed by atoms with Crippen molar-refractivity contribution >= 4 is 0 Å². The van der Waals surface area contributed by atoms with E-state index in [0.717, 1.165) is 18.2 Å². The Hall–Kier alpha value is -0.760. The SMILES string of the molecule is CCCNC(CC(C)CCC)c1coc(C)c1. The highest BCUT2D eigenvalue weighted by molar-refractivity contribution is 5.16. The van der Waals surface area contributed by atoms with E-state index in [0.29, 0.717) is 6.04 Å². The Morgan fingerprint density at radius 1 is 1.29 bits per heavy atom. The Bertz CT molecular complexity index is 306. The minimum atomic E-state index is 0.453. The molecule has 0 radical (unpaired) electrons. The molecule has 0 amide bonds. The Balaban J connectivity index is 2.60. The normalized spacial score (nSPS) is 14.8. The molecule has 1 rings (SSSR count). The fourth-order valence-corrected chi connectivity index (χ4v) is 2.32. The average molecular weight is 237 g/mol. The lowest BCUT2D eigenvalue weighted by molar-refractivity contribution is 0.387. The van der Waals surface area contributed by atoms with Crippen LogP contribution in [0.15, 0.2) is 16.7 Å². The van der Waals surface area contributed by atoms with Gasteiger partial charge in [-0.05, 0) is 38.3 Å². The summed E-state index contributed by atoms with van der Waals surface area (Å²) >= 11 is 0. The van der Waals surface area contributed by atoms with Gasteiger partial charge in [0.25, 0.3) is 0 Å². The minimum Gasteiger partial charge on any atom is -0.469 e. The topological polar surface area (TPSA) is 25.2 Å². The third-order valence-electron chi connectivity index (χ3n) is 3.21. The van der Waals surface area contributed by atoms with Crippen molar-refractivity contribution in [1.82, 2.24) is 5.32 Å². The third kappa shape index (κ3) is 4.95. The molecule has 1 N–H and O–H groups in total. The van der Waals surface area contributed by atoms with Gasteiger partial charge < -0.3 is 9.73 Å². The molecule has 0 aliphatic heterocycles. The number of nitrogens with one attached hydrogen (secondary N) is 1. The van der Waals surface area contributed by atoms with Gasteiger partial charge in [-0.2, -0.15) is 0 Å². The molecule has 0 fully saturated rings. The summed E-state index contributed by atoms with van der Waals surface area (Å²) in [5.41, 5.74) is 1.30. The predicted molar refractivity (Wildman–Crippen MR) is 73.2 cm³/mol. The number of hydrogen-bond acceptors (Lipinski definition) is 2. The molecule has 0 aromatic carbocycles.